The van der Waals surface area contributed by atoms with Gasteiger partial charge in [-0.25, -0.2) is 13.2 Å². The minimum atomic E-state index is -5.41. The van der Waals surface area contributed by atoms with Crippen molar-refractivity contribution in [3.63, 3.8) is 0 Å². The highest BCUT2D eigenvalue weighted by Gasteiger charge is 2.46. The summed E-state index contributed by atoms with van der Waals surface area (Å²) in [6, 6.07) is 3.50. The topological polar surface area (TPSA) is 80.7 Å². The molecular formula is C12H11F3O5S. The maximum Gasteiger partial charge on any atom is 0.501 e. The first-order valence-electron chi connectivity index (χ1n) is 5.94. The quantitative estimate of drug-likeness (QED) is 0.898. The van der Waals surface area contributed by atoms with Crippen LogP contribution in [0.1, 0.15) is 12.8 Å². The molecule has 1 aromatic carbocycles. The zero-order valence-electron chi connectivity index (χ0n) is 10.5. The van der Waals surface area contributed by atoms with Crippen LogP contribution in [0.5, 0.6) is 5.75 Å². The first-order chi connectivity index (χ1) is 9.63. The number of carboxylic acid groups (broad SMARTS) is 1. The Balaban J connectivity index is 2.18. The number of benzene rings is 1. The molecule has 21 heavy (non-hydrogen) atoms. The van der Waals surface area contributed by atoms with Crippen LogP contribution in [0.4, 0.5) is 13.2 Å². The van der Waals surface area contributed by atoms with Crippen molar-refractivity contribution in [3.05, 3.63) is 24.3 Å². The molecule has 1 aliphatic rings. The molecule has 1 aromatic rings. The molecule has 1 N–H and O–H groups in total. The molecule has 0 aromatic heterocycles. The second-order valence-electron chi connectivity index (χ2n) is 4.63. The number of alkyl halides is 3. The van der Waals surface area contributed by atoms with E-state index >= 15 is 0 Å². The Hall–Kier alpha value is -1.77. The van der Waals surface area contributed by atoms with Gasteiger partial charge in [0, 0.05) is 5.92 Å². The summed E-state index contributed by atoms with van der Waals surface area (Å²) in [6.07, 6.45) is 0.338. The third kappa shape index (κ3) is 3.29. The van der Waals surface area contributed by atoms with Gasteiger partial charge in [0.1, 0.15) is 5.75 Å². The van der Waals surface area contributed by atoms with Gasteiger partial charge in [-0.3, -0.25) is 0 Å². The lowest BCUT2D eigenvalue weighted by Crippen LogP contribution is -2.29. The molecule has 0 spiro atoms. The zero-order valence-corrected chi connectivity index (χ0v) is 11.3. The van der Waals surface area contributed by atoms with Crippen LogP contribution in [-0.4, -0.2) is 31.1 Å². The number of carbonyl (C=O) groups is 1. The molecule has 0 heterocycles. The molecule has 5 nitrogen and oxygen atoms in total. The SMILES string of the molecule is O=C(O)C(Oc1ccc(S(=O)(=O)C(F)(F)F)cc1)C1CC1. The normalized spacial score (nSPS) is 17.3. The molecule has 9 heteroatoms. The fourth-order valence-electron chi connectivity index (χ4n) is 1.72. The van der Waals surface area contributed by atoms with E-state index in [-0.39, 0.29) is 11.7 Å². The van der Waals surface area contributed by atoms with E-state index in [1.807, 2.05) is 0 Å². The maximum absolute atomic E-state index is 12.4. The Morgan fingerprint density at radius 1 is 1.24 bits per heavy atom. The van der Waals surface area contributed by atoms with E-state index in [0.717, 1.165) is 24.3 Å². The monoisotopic (exact) mass is 324 g/mol. The van der Waals surface area contributed by atoms with E-state index in [1.54, 1.807) is 0 Å². The van der Waals surface area contributed by atoms with Crippen LogP contribution in [0.2, 0.25) is 0 Å². The smallest absolute Gasteiger partial charge is 0.478 e. The summed E-state index contributed by atoms with van der Waals surface area (Å²) in [7, 11) is -5.41. The van der Waals surface area contributed by atoms with Crippen molar-refractivity contribution in [1.29, 1.82) is 0 Å². The summed E-state index contributed by atoms with van der Waals surface area (Å²) in [6.45, 7) is 0. The van der Waals surface area contributed by atoms with Crippen LogP contribution in [0, 0.1) is 5.92 Å². The average Bonchev–Trinajstić information content (AvgIpc) is 3.19. The molecule has 0 aliphatic heterocycles. The van der Waals surface area contributed by atoms with Crippen LogP contribution >= 0.6 is 0 Å². The molecule has 1 unspecified atom stereocenters. The van der Waals surface area contributed by atoms with Gasteiger partial charge < -0.3 is 9.84 Å². The molecule has 0 bridgehead atoms. The van der Waals surface area contributed by atoms with Crippen LogP contribution in [0.3, 0.4) is 0 Å². The second kappa shape index (κ2) is 5.21. The second-order valence-corrected chi connectivity index (χ2v) is 6.58. The van der Waals surface area contributed by atoms with Gasteiger partial charge in [-0.15, -0.1) is 0 Å². The van der Waals surface area contributed by atoms with Gasteiger partial charge in [0.2, 0.25) is 0 Å². The molecule has 1 atom stereocenters. The molecule has 1 saturated carbocycles. The molecule has 1 fully saturated rings. The third-order valence-electron chi connectivity index (χ3n) is 3.00. The minimum Gasteiger partial charge on any atom is -0.478 e. The van der Waals surface area contributed by atoms with Crippen LogP contribution in [0.15, 0.2) is 29.2 Å². The number of rotatable bonds is 5. The number of ether oxygens (including phenoxy) is 1. The van der Waals surface area contributed by atoms with E-state index in [4.69, 9.17) is 9.84 Å². The average molecular weight is 324 g/mol. The number of hydrogen-bond donors (Lipinski definition) is 1. The first-order valence-corrected chi connectivity index (χ1v) is 7.42. The molecular weight excluding hydrogens is 313 g/mol. The Kier molecular flexibility index (Phi) is 3.87. The van der Waals surface area contributed by atoms with Gasteiger partial charge in [-0.1, -0.05) is 0 Å². The zero-order chi connectivity index (χ0) is 15.8. The lowest BCUT2D eigenvalue weighted by atomic mass is 10.2. The van der Waals surface area contributed by atoms with Crippen LogP contribution in [0.25, 0.3) is 0 Å². The third-order valence-corrected chi connectivity index (χ3v) is 4.50. The highest BCUT2D eigenvalue weighted by molar-refractivity contribution is 7.92. The summed E-state index contributed by atoms with van der Waals surface area (Å²) in [5.41, 5.74) is -5.38. The van der Waals surface area contributed by atoms with Crippen molar-refractivity contribution in [3.8, 4) is 5.75 Å². The maximum atomic E-state index is 12.4. The van der Waals surface area contributed by atoms with Crippen molar-refractivity contribution in [1.82, 2.24) is 0 Å². The number of aliphatic carboxylic acids is 1. The Bertz CT molecular complexity index is 632. The van der Waals surface area contributed by atoms with Gasteiger partial charge >= 0.3 is 11.5 Å². The van der Waals surface area contributed by atoms with E-state index in [2.05, 4.69) is 0 Å². The Morgan fingerprint density at radius 3 is 2.14 bits per heavy atom. The highest BCUT2D eigenvalue weighted by Crippen LogP contribution is 2.36. The predicted molar refractivity (Wildman–Crippen MR) is 64.5 cm³/mol. The molecule has 0 saturated heterocycles. The lowest BCUT2D eigenvalue weighted by Gasteiger charge is -2.14. The van der Waals surface area contributed by atoms with Gasteiger partial charge in [-0.05, 0) is 37.1 Å². The molecule has 2 rings (SSSR count). The first kappa shape index (κ1) is 15.6. The van der Waals surface area contributed by atoms with Crippen molar-refractivity contribution in [2.75, 3.05) is 0 Å². The van der Waals surface area contributed by atoms with Gasteiger partial charge in [0.15, 0.2) is 6.10 Å². The fourth-order valence-corrected chi connectivity index (χ4v) is 2.49. The van der Waals surface area contributed by atoms with E-state index in [0.29, 0.717) is 12.8 Å². The number of hydrogen-bond acceptors (Lipinski definition) is 4. The lowest BCUT2D eigenvalue weighted by molar-refractivity contribution is -0.146. The van der Waals surface area contributed by atoms with Gasteiger partial charge in [0.25, 0.3) is 9.84 Å². The molecule has 0 amide bonds. The van der Waals surface area contributed by atoms with Gasteiger partial charge in [0.05, 0.1) is 4.90 Å². The van der Waals surface area contributed by atoms with Crippen molar-refractivity contribution in [2.45, 2.75) is 29.3 Å². The number of carboxylic acids is 1. The summed E-state index contributed by atoms with van der Waals surface area (Å²) >= 11 is 0. The Labute approximate surface area is 118 Å². The van der Waals surface area contributed by atoms with Crippen LogP contribution in [-0.2, 0) is 14.6 Å². The predicted octanol–water partition coefficient (Wildman–Crippen LogP) is 2.22. The van der Waals surface area contributed by atoms with Crippen molar-refractivity contribution < 1.29 is 36.2 Å². The standard InChI is InChI=1S/C12H11F3O5S/c13-12(14,15)21(18,19)9-5-3-8(4-6-9)20-10(11(16)17)7-1-2-7/h3-7,10H,1-2H2,(H,16,17). The molecule has 0 radical (unpaired) electrons. The van der Waals surface area contributed by atoms with Crippen molar-refractivity contribution >= 4 is 15.8 Å². The summed E-state index contributed by atoms with van der Waals surface area (Å²) in [5.74, 6) is -1.28. The molecule has 1 aliphatic carbocycles. The van der Waals surface area contributed by atoms with Crippen LogP contribution < -0.4 is 4.74 Å². The minimum absolute atomic E-state index is 0.00965. The van der Waals surface area contributed by atoms with E-state index < -0.39 is 32.3 Å². The number of sulfone groups is 1. The number of halogens is 3. The van der Waals surface area contributed by atoms with Crippen molar-refractivity contribution in [2.24, 2.45) is 5.92 Å². The molecule has 116 valence electrons. The highest BCUT2D eigenvalue weighted by atomic mass is 32.2. The summed E-state index contributed by atoms with van der Waals surface area (Å²) in [4.78, 5) is 10.1. The van der Waals surface area contributed by atoms with Gasteiger partial charge in [-0.2, -0.15) is 13.2 Å². The van der Waals surface area contributed by atoms with E-state index in [9.17, 15) is 26.4 Å². The van der Waals surface area contributed by atoms with E-state index in [1.165, 1.54) is 0 Å². The Morgan fingerprint density at radius 2 is 1.76 bits per heavy atom. The largest absolute Gasteiger partial charge is 0.501 e. The fraction of sp³-hybridized carbons (Fsp3) is 0.417. The summed E-state index contributed by atoms with van der Waals surface area (Å²) < 4.78 is 64.5. The summed E-state index contributed by atoms with van der Waals surface area (Å²) in [5, 5.41) is 8.97.